The minimum absolute atomic E-state index is 0.0740. The van der Waals surface area contributed by atoms with E-state index in [9.17, 15) is 26.3 Å². The van der Waals surface area contributed by atoms with Crippen molar-refractivity contribution < 1.29 is 36.2 Å². The summed E-state index contributed by atoms with van der Waals surface area (Å²) < 4.78 is 79.6. The van der Waals surface area contributed by atoms with Crippen LogP contribution in [0.3, 0.4) is 0 Å². The van der Waals surface area contributed by atoms with Crippen LogP contribution in [0.25, 0.3) is 0 Å². The zero-order chi connectivity index (χ0) is 17.2. The molecule has 0 heterocycles. The smallest absolute Gasteiger partial charge is 0.377 e. The highest BCUT2D eigenvalue weighted by Crippen LogP contribution is 2.43. The minimum Gasteiger partial charge on any atom is -0.377 e. The molecule has 1 N–H and O–H groups in total. The number of aliphatic hydroxyl groups is 1. The molecule has 2 nitrogen and oxygen atoms in total. The molecule has 22 heavy (non-hydrogen) atoms. The van der Waals surface area contributed by atoms with Gasteiger partial charge in [-0.2, -0.15) is 26.3 Å². The lowest BCUT2D eigenvalue weighted by Crippen LogP contribution is -2.60. The number of allylic oxidation sites excluding steroid dienone is 2. The molecule has 3 atom stereocenters. The van der Waals surface area contributed by atoms with Crippen LogP contribution in [-0.4, -0.2) is 36.3 Å². The summed E-state index contributed by atoms with van der Waals surface area (Å²) in [5.41, 5.74) is -4.83. The largest absolute Gasteiger partial charge is 0.428 e. The lowest BCUT2D eigenvalue weighted by molar-refractivity contribution is -0.378. The Morgan fingerprint density at radius 2 is 1.64 bits per heavy atom. The molecule has 0 saturated heterocycles. The summed E-state index contributed by atoms with van der Waals surface area (Å²) in [7, 11) is 0. The van der Waals surface area contributed by atoms with Crippen LogP contribution in [-0.2, 0) is 4.74 Å². The van der Waals surface area contributed by atoms with E-state index < -0.39 is 24.6 Å². The highest BCUT2D eigenvalue weighted by molar-refractivity contribution is 4.96. The van der Waals surface area contributed by atoms with E-state index in [1.807, 2.05) is 13.0 Å². The molecule has 0 aromatic carbocycles. The maximum atomic E-state index is 12.5. The number of rotatable bonds is 5. The van der Waals surface area contributed by atoms with Gasteiger partial charge in [-0.1, -0.05) is 19.1 Å². The monoisotopic (exact) mass is 334 g/mol. The minimum atomic E-state index is -5.84. The Morgan fingerprint density at radius 1 is 1.09 bits per heavy atom. The number of hydrogen-bond donors (Lipinski definition) is 1. The first-order valence-corrected chi connectivity index (χ1v) is 6.98. The number of alkyl halides is 6. The predicted octanol–water partition coefficient (Wildman–Crippen LogP) is 4.10. The van der Waals surface area contributed by atoms with E-state index in [1.165, 1.54) is 0 Å². The van der Waals surface area contributed by atoms with Crippen LogP contribution in [0.4, 0.5) is 26.3 Å². The second kappa shape index (κ2) is 6.78. The van der Waals surface area contributed by atoms with Gasteiger partial charge in [-0.3, -0.25) is 0 Å². The van der Waals surface area contributed by atoms with Crippen molar-refractivity contribution in [1.29, 1.82) is 0 Å². The zero-order valence-electron chi connectivity index (χ0n) is 12.3. The fourth-order valence-corrected chi connectivity index (χ4v) is 2.80. The lowest BCUT2D eigenvalue weighted by atomic mass is 9.96. The standard InChI is InChI=1S/C14H20F6O2/c1-3-4-10-5-9(2)6-11(10)7-22-8-12(21,13(15,16)17)14(18,19)20/h3-4,9-11,21H,5-8H2,1-2H3/b4-3+. The van der Waals surface area contributed by atoms with Gasteiger partial charge in [0, 0.05) is 0 Å². The van der Waals surface area contributed by atoms with Gasteiger partial charge in [-0.15, -0.1) is 0 Å². The molecule has 0 amide bonds. The molecule has 1 aliphatic rings. The molecule has 1 aliphatic carbocycles. The first kappa shape index (κ1) is 19.3. The third-order valence-corrected chi connectivity index (χ3v) is 4.01. The molecule has 0 aromatic heterocycles. The van der Waals surface area contributed by atoms with Crippen molar-refractivity contribution in [2.75, 3.05) is 13.2 Å². The maximum absolute atomic E-state index is 12.5. The van der Waals surface area contributed by atoms with E-state index in [-0.39, 0.29) is 18.4 Å². The Morgan fingerprint density at radius 3 is 2.09 bits per heavy atom. The van der Waals surface area contributed by atoms with Gasteiger partial charge in [0.1, 0.15) is 0 Å². The fraction of sp³-hybridized carbons (Fsp3) is 0.857. The van der Waals surface area contributed by atoms with E-state index in [0.29, 0.717) is 12.3 Å². The molecule has 130 valence electrons. The summed E-state index contributed by atoms with van der Waals surface area (Å²) in [4.78, 5) is 0. The van der Waals surface area contributed by atoms with Gasteiger partial charge < -0.3 is 9.84 Å². The van der Waals surface area contributed by atoms with Crippen LogP contribution in [0, 0.1) is 17.8 Å². The summed E-state index contributed by atoms with van der Waals surface area (Å²) in [6, 6.07) is 0. The van der Waals surface area contributed by atoms with Crippen molar-refractivity contribution in [3.05, 3.63) is 12.2 Å². The van der Waals surface area contributed by atoms with Crippen LogP contribution in [0.1, 0.15) is 26.7 Å². The maximum Gasteiger partial charge on any atom is 0.428 e. The Balaban J connectivity index is 2.68. The van der Waals surface area contributed by atoms with Gasteiger partial charge >= 0.3 is 12.4 Å². The van der Waals surface area contributed by atoms with Crippen molar-refractivity contribution in [1.82, 2.24) is 0 Å². The lowest BCUT2D eigenvalue weighted by Gasteiger charge is -2.32. The number of halogens is 6. The van der Waals surface area contributed by atoms with Gasteiger partial charge in [0.2, 0.25) is 0 Å². The number of hydrogen-bond acceptors (Lipinski definition) is 2. The van der Waals surface area contributed by atoms with E-state index in [2.05, 4.69) is 4.74 Å². The van der Waals surface area contributed by atoms with Gasteiger partial charge in [0.05, 0.1) is 13.2 Å². The summed E-state index contributed by atoms with van der Waals surface area (Å²) in [5.74, 6) is 0.265. The summed E-state index contributed by atoms with van der Waals surface area (Å²) in [5, 5.41) is 8.99. The van der Waals surface area contributed by atoms with Gasteiger partial charge in [-0.25, -0.2) is 0 Å². The molecule has 0 radical (unpaired) electrons. The Labute approximate surface area is 125 Å². The van der Waals surface area contributed by atoms with Gasteiger partial charge in [-0.05, 0) is 37.5 Å². The molecule has 0 spiro atoms. The molecule has 0 aromatic rings. The topological polar surface area (TPSA) is 29.5 Å². The second-order valence-electron chi connectivity index (χ2n) is 5.90. The SMILES string of the molecule is C/C=C/C1CC(C)CC1COCC(O)(C(F)(F)F)C(F)(F)F. The summed E-state index contributed by atoms with van der Waals surface area (Å²) >= 11 is 0. The van der Waals surface area contributed by atoms with Crippen molar-refractivity contribution in [3.8, 4) is 0 Å². The average Bonchev–Trinajstić information content (AvgIpc) is 2.67. The van der Waals surface area contributed by atoms with E-state index >= 15 is 0 Å². The first-order chi connectivity index (χ1) is 9.92. The van der Waals surface area contributed by atoms with Crippen molar-refractivity contribution in [3.63, 3.8) is 0 Å². The quantitative estimate of drug-likeness (QED) is 0.606. The summed E-state index contributed by atoms with van der Waals surface area (Å²) in [6.45, 7) is 1.69. The van der Waals surface area contributed by atoms with Crippen LogP contribution < -0.4 is 0 Å². The van der Waals surface area contributed by atoms with Crippen LogP contribution in [0.15, 0.2) is 12.2 Å². The molecule has 8 heteroatoms. The van der Waals surface area contributed by atoms with E-state index in [1.54, 1.807) is 13.0 Å². The third kappa shape index (κ3) is 4.16. The molecule has 1 fully saturated rings. The third-order valence-electron chi connectivity index (χ3n) is 4.01. The Kier molecular flexibility index (Phi) is 5.94. The van der Waals surface area contributed by atoms with Crippen LogP contribution in [0.2, 0.25) is 0 Å². The van der Waals surface area contributed by atoms with Gasteiger partial charge in [0.25, 0.3) is 5.60 Å². The molecule has 3 unspecified atom stereocenters. The van der Waals surface area contributed by atoms with E-state index in [0.717, 1.165) is 6.42 Å². The van der Waals surface area contributed by atoms with Crippen molar-refractivity contribution in [2.24, 2.45) is 17.8 Å². The zero-order valence-corrected chi connectivity index (χ0v) is 12.3. The molecule has 1 rings (SSSR count). The summed E-state index contributed by atoms with van der Waals surface area (Å²) in [6.07, 6.45) is -6.49. The predicted molar refractivity (Wildman–Crippen MR) is 68.1 cm³/mol. The average molecular weight is 334 g/mol. The molecule has 0 aliphatic heterocycles. The Hall–Kier alpha value is -0.760. The highest BCUT2D eigenvalue weighted by Gasteiger charge is 2.70. The molecular weight excluding hydrogens is 314 g/mol. The van der Waals surface area contributed by atoms with E-state index in [4.69, 9.17) is 5.11 Å². The number of ether oxygens (including phenoxy) is 1. The Bertz CT molecular complexity index is 374. The van der Waals surface area contributed by atoms with Crippen LogP contribution in [0.5, 0.6) is 0 Å². The highest BCUT2D eigenvalue weighted by atomic mass is 19.4. The normalized spacial score (nSPS) is 27.8. The molecule has 0 bridgehead atoms. The fourth-order valence-electron chi connectivity index (χ4n) is 2.80. The molecule has 1 saturated carbocycles. The van der Waals surface area contributed by atoms with Crippen molar-refractivity contribution in [2.45, 2.75) is 44.6 Å². The first-order valence-electron chi connectivity index (χ1n) is 6.98. The second-order valence-corrected chi connectivity index (χ2v) is 5.90. The van der Waals surface area contributed by atoms with Crippen molar-refractivity contribution >= 4 is 0 Å². The molecular formula is C14H20F6O2. The van der Waals surface area contributed by atoms with Gasteiger partial charge in [0.15, 0.2) is 0 Å². The van der Waals surface area contributed by atoms with Crippen LogP contribution >= 0.6 is 0 Å².